The second-order valence-corrected chi connectivity index (χ2v) is 8.10. The Bertz CT molecular complexity index is 1220. The topological polar surface area (TPSA) is 110 Å². The van der Waals surface area contributed by atoms with Gasteiger partial charge in [-0.25, -0.2) is 4.99 Å². The number of hydrogen-bond acceptors (Lipinski definition) is 7. The first-order chi connectivity index (χ1) is 13.9. The van der Waals surface area contributed by atoms with Crippen LogP contribution in [0.2, 0.25) is 0 Å². The quantitative estimate of drug-likeness (QED) is 0.546. The van der Waals surface area contributed by atoms with Crippen molar-refractivity contribution in [1.82, 2.24) is 4.57 Å². The van der Waals surface area contributed by atoms with Crippen molar-refractivity contribution in [2.75, 3.05) is 13.2 Å². The Morgan fingerprint density at radius 3 is 2.76 bits per heavy atom. The van der Waals surface area contributed by atoms with Gasteiger partial charge in [-0.2, -0.15) is 0 Å². The summed E-state index contributed by atoms with van der Waals surface area (Å²) < 4.78 is 13.0. The molecule has 0 saturated carbocycles. The van der Waals surface area contributed by atoms with E-state index in [2.05, 4.69) is 4.99 Å². The third-order valence-electron chi connectivity index (χ3n) is 4.42. The number of amides is 1. The lowest BCUT2D eigenvalue weighted by atomic mass is 10.1. The van der Waals surface area contributed by atoms with Gasteiger partial charge in [0.2, 0.25) is 5.88 Å². The van der Waals surface area contributed by atoms with Crippen LogP contribution < -0.4 is 20.0 Å². The zero-order valence-corrected chi connectivity index (χ0v) is 16.7. The molecule has 2 aliphatic heterocycles. The van der Waals surface area contributed by atoms with Crippen LogP contribution in [-0.2, 0) is 16.1 Å². The number of fused-ring (bicyclic) bond motifs is 2. The molecule has 8 nitrogen and oxygen atoms in total. The predicted molar refractivity (Wildman–Crippen MR) is 107 cm³/mol. The monoisotopic (exact) mass is 432 g/mol. The van der Waals surface area contributed by atoms with Crippen molar-refractivity contribution in [2.24, 2.45) is 4.99 Å². The van der Waals surface area contributed by atoms with Gasteiger partial charge in [0, 0.05) is 29.8 Å². The molecule has 1 amide bonds. The summed E-state index contributed by atoms with van der Waals surface area (Å²) in [4.78, 5) is 27.7. The molecule has 0 radical (unpaired) electrons. The number of carbonyl (C=O) groups is 2. The summed E-state index contributed by atoms with van der Waals surface area (Å²) in [5, 5.41) is 20.4. The lowest BCUT2D eigenvalue weighted by molar-refractivity contribution is -0.137. The van der Waals surface area contributed by atoms with E-state index in [9.17, 15) is 14.7 Å². The zero-order chi connectivity index (χ0) is 20.5. The molecule has 0 bridgehead atoms. The maximum atomic E-state index is 12.5. The average Bonchev–Trinajstić information content (AvgIpc) is 2.94. The third-order valence-corrected chi connectivity index (χ3v) is 5.81. The van der Waals surface area contributed by atoms with Gasteiger partial charge in [0.25, 0.3) is 5.91 Å². The number of carboxylic acids is 1. The number of hydrogen-bond donors (Lipinski definition) is 2. The first-order valence-electron chi connectivity index (χ1n) is 8.83. The summed E-state index contributed by atoms with van der Waals surface area (Å²) >= 11 is 6.41. The summed E-state index contributed by atoms with van der Waals surface area (Å²) in [5.74, 6) is -0.287. The number of carboxylic acid groups (broad SMARTS) is 1. The molecule has 0 saturated heterocycles. The fraction of sp³-hybridized carbons (Fsp3) is 0.263. The minimum atomic E-state index is -0.909. The number of benzene rings is 1. The summed E-state index contributed by atoms with van der Waals surface area (Å²) in [5.41, 5.74) is 0.304. The van der Waals surface area contributed by atoms with E-state index < -0.39 is 11.9 Å². The van der Waals surface area contributed by atoms with E-state index in [1.54, 1.807) is 18.2 Å². The molecular weight excluding hydrogens is 416 g/mol. The van der Waals surface area contributed by atoms with Crippen LogP contribution in [0, 0.1) is 3.95 Å². The highest BCUT2D eigenvalue weighted by Gasteiger charge is 2.18. The van der Waals surface area contributed by atoms with Gasteiger partial charge >= 0.3 is 5.97 Å². The Balaban J connectivity index is 1.69. The maximum Gasteiger partial charge on any atom is 0.303 e. The van der Waals surface area contributed by atoms with Crippen molar-refractivity contribution >= 4 is 47.6 Å². The summed E-state index contributed by atoms with van der Waals surface area (Å²) in [7, 11) is 0. The molecule has 29 heavy (non-hydrogen) atoms. The van der Waals surface area contributed by atoms with Crippen LogP contribution in [-0.4, -0.2) is 39.9 Å². The second kappa shape index (κ2) is 7.80. The Morgan fingerprint density at radius 2 is 2.03 bits per heavy atom. The molecule has 2 N–H and O–H groups in total. The van der Waals surface area contributed by atoms with Gasteiger partial charge in [-0.1, -0.05) is 0 Å². The molecule has 4 rings (SSSR count). The van der Waals surface area contributed by atoms with Gasteiger partial charge in [0.15, 0.2) is 15.5 Å². The van der Waals surface area contributed by atoms with Gasteiger partial charge in [-0.05, 0) is 36.9 Å². The first-order valence-corrected chi connectivity index (χ1v) is 10.1. The van der Waals surface area contributed by atoms with Crippen LogP contribution in [0.15, 0.2) is 22.7 Å². The Hall–Kier alpha value is -2.98. The smallest absolute Gasteiger partial charge is 0.303 e. The van der Waals surface area contributed by atoms with Crippen LogP contribution in [0.3, 0.4) is 0 Å². The van der Waals surface area contributed by atoms with Gasteiger partial charge in [-0.15, -0.1) is 11.3 Å². The minimum absolute atomic E-state index is 0.0223. The van der Waals surface area contributed by atoms with E-state index in [4.69, 9.17) is 26.8 Å². The van der Waals surface area contributed by atoms with Crippen molar-refractivity contribution in [3.8, 4) is 17.4 Å². The number of nitrogens with zero attached hydrogens (tertiary/aromatic N) is 2. The molecule has 1 aromatic carbocycles. The number of ether oxygens (including phenoxy) is 2. The van der Waals surface area contributed by atoms with E-state index in [-0.39, 0.29) is 18.8 Å². The first kappa shape index (κ1) is 19.3. The second-order valence-electron chi connectivity index (χ2n) is 6.42. The predicted octanol–water partition coefficient (Wildman–Crippen LogP) is 1.64. The number of rotatable bonds is 5. The fourth-order valence-electron chi connectivity index (χ4n) is 3.05. The molecule has 0 fully saturated rings. The molecule has 0 unspecified atom stereocenters. The molecule has 0 spiro atoms. The molecule has 10 heteroatoms. The highest BCUT2D eigenvalue weighted by atomic mass is 32.1. The normalized spacial score (nSPS) is 16.1. The van der Waals surface area contributed by atoms with Crippen LogP contribution in [0.5, 0.6) is 17.4 Å². The molecule has 150 valence electrons. The highest BCUT2D eigenvalue weighted by Crippen LogP contribution is 2.30. The van der Waals surface area contributed by atoms with Crippen LogP contribution in [0.25, 0.3) is 12.2 Å². The van der Waals surface area contributed by atoms with Gasteiger partial charge < -0.3 is 19.7 Å². The number of aliphatic carboxylic acids is 1. The summed E-state index contributed by atoms with van der Waals surface area (Å²) in [6.45, 7) is 1.18. The van der Waals surface area contributed by atoms with Gasteiger partial charge in [0.1, 0.15) is 13.2 Å². The summed E-state index contributed by atoms with van der Waals surface area (Å²) in [6.07, 6.45) is 3.53. The Morgan fingerprint density at radius 1 is 1.31 bits per heavy atom. The minimum Gasteiger partial charge on any atom is -0.493 e. The van der Waals surface area contributed by atoms with Crippen LogP contribution in [0.1, 0.15) is 17.7 Å². The SMILES string of the molecule is O=C(O)CCCn1c(O)c(/C=C2/C=c3cc4c(cc3=NC2=O)OCCO4)sc1=S. The average molecular weight is 432 g/mol. The molecule has 2 aromatic rings. The van der Waals surface area contributed by atoms with Crippen LogP contribution in [0.4, 0.5) is 0 Å². The number of aromatic nitrogens is 1. The molecule has 0 aliphatic carbocycles. The largest absolute Gasteiger partial charge is 0.493 e. The van der Waals surface area contributed by atoms with Crippen molar-refractivity contribution < 1.29 is 29.3 Å². The van der Waals surface area contributed by atoms with E-state index >= 15 is 0 Å². The van der Waals surface area contributed by atoms with E-state index in [0.29, 0.717) is 56.1 Å². The third kappa shape index (κ3) is 3.94. The lowest BCUT2D eigenvalue weighted by Gasteiger charge is -2.18. The number of carbonyl (C=O) groups excluding carboxylic acids is 1. The molecular formula is C19H16N2O6S2. The zero-order valence-electron chi connectivity index (χ0n) is 15.1. The Kier molecular flexibility index (Phi) is 5.20. The molecule has 0 atom stereocenters. The molecule has 1 aromatic heterocycles. The lowest BCUT2D eigenvalue weighted by Crippen LogP contribution is -2.32. The van der Waals surface area contributed by atoms with Crippen molar-refractivity contribution in [1.29, 1.82) is 0 Å². The highest BCUT2D eigenvalue weighted by molar-refractivity contribution is 7.73. The number of aromatic hydroxyl groups is 1. The van der Waals surface area contributed by atoms with E-state index in [1.807, 2.05) is 0 Å². The van der Waals surface area contributed by atoms with Gasteiger partial charge in [0.05, 0.1) is 10.2 Å². The van der Waals surface area contributed by atoms with Crippen molar-refractivity contribution in [3.05, 3.63) is 37.1 Å². The van der Waals surface area contributed by atoms with Gasteiger partial charge in [-0.3, -0.25) is 14.2 Å². The van der Waals surface area contributed by atoms with E-state index in [1.165, 1.54) is 10.6 Å². The van der Waals surface area contributed by atoms with Crippen molar-refractivity contribution in [3.63, 3.8) is 0 Å². The molecule has 2 aliphatic rings. The maximum absolute atomic E-state index is 12.5. The van der Waals surface area contributed by atoms with E-state index in [0.717, 1.165) is 11.3 Å². The summed E-state index contributed by atoms with van der Waals surface area (Å²) in [6, 6.07) is 3.45. The standard InChI is InChI=1S/C19H16N2O6S2/c22-16(23)2-1-3-21-18(25)15(29-19(21)28)8-11-6-10-7-13-14(27-5-4-26-13)9-12(10)20-17(11)24/h6-9,25H,1-5H2,(H,22,23)/b11-8-. The van der Waals surface area contributed by atoms with Crippen LogP contribution >= 0.6 is 23.6 Å². The Labute approximate surface area is 173 Å². The molecule has 3 heterocycles. The fourth-order valence-corrected chi connectivity index (χ4v) is 4.36. The van der Waals surface area contributed by atoms with Crippen molar-refractivity contribution in [2.45, 2.75) is 19.4 Å². The number of thiazole rings is 1.